The zero-order valence-corrected chi connectivity index (χ0v) is 14.8. The molecular formula is C15H21F2N3O4S. The molecule has 10 heteroatoms. The van der Waals surface area contributed by atoms with Crippen LogP contribution in [0.4, 0.5) is 8.78 Å². The molecule has 1 unspecified atom stereocenters. The van der Waals surface area contributed by atoms with E-state index in [-0.39, 0.29) is 18.9 Å². The van der Waals surface area contributed by atoms with Crippen LogP contribution < -0.4 is 15.4 Å². The molecule has 0 aliphatic rings. The fraction of sp³-hybridized carbons (Fsp3) is 0.467. The number of halogens is 2. The third-order valence-electron chi connectivity index (χ3n) is 3.17. The lowest BCUT2D eigenvalue weighted by atomic mass is 10.3. The molecule has 1 aromatic rings. The van der Waals surface area contributed by atoms with Gasteiger partial charge in [-0.15, -0.1) is 0 Å². The fourth-order valence-corrected chi connectivity index (χ4v) is 2.85. The van der Waals surface area contributed by atoms with Crippen LogP contribution in [-0.2, 0) is 19.6 Å². The smallest absolute Gasteiger partial charge is 0.242 e. The molecular weight excluding hydrogens is 356 g/mol. The maximum Gasteiger partial charge on any atom is 0.242 e. The normalized spacial score (nSPS) is 12.5. The summed E-state index contributed by atoms with van der Waals surface area (Å²) in [5.41, 5.74) is 0. The molecule has 3 N–H and O–H groups in total. The van der Waals surface area contributed by atoms with Crippen molar-refractivity contribution < 1.29 is 26.8 Å². The van der Waals surface area contributed by atoms with Crippen molar-refractivity contribution in [2.45, 2.75) is 37.6 Å². The van der Waals surface area contributed by atoms with Crippen LogP contribution in [0, 0.1) is 11.6 Å². The van der Waals surface area contributed by atoms with E-state index in [0.29, 0.717) is 18.7 Å². The lowest BCUT2D eigenvalue weighted by Gasteiger charge is -2.14. The highest BCUT2D eigenvalue weighted by Gasteiger charge is 2.18. The standard InChI is InChI=1S/C15H21F2N3O4S/c1-3-7-18-15(22)10(2)20-14(21)6-8-19-25(23,24)11-4-5-12(16)13(17)9-11/h4-5,9-10,19H,3,6-8H2,1-2H3,(H,18,22)(H,20,21). The molecule has 0 aliphatic heterocycles. The summed E-state index contributed by atoms with van der Waals surface area (Å²) in [6.07, 6.45) is 0.548. The summed E-state index contributed by atoms with van der Waals surface area (Å²) in [6, 6.07) is 1.42. The van der Waals surface area contributed by atoms with Crippen LogP contribution in [0.25, 0.3) is 0 Å². The second kappa shape index (κ2) is 9.42. The van der Waals surface area contributed by atoms with Gasteiger partial charge in [-0.2, -0.15) is 0 Å². The molecule has 0 aromatic heterocycles. The van der Waals surface area contributed by atoms with Gasteiger partial charge in [-0.05, 0) is 31.5 Å². The first-order valence-electron chi connectivity index (χ1n) is 7.69. The third-order valence-corrected chi connectivity index (χ3v) is 4.62. The summed E-state index contributed by atoms with van der Waals surface area (Å²) in [5, 5.41) is 5.05. The number of hydrogen-bond donors (Lipinski definition) is 3. The van der Waals surface area contributed by atoms with Gasteiger partial charge in [0.15, 0.2) is 11.6 Å². The van der Waals surface area contributed by atoms with Gasteiger partial charge in [-0.1, -0.05) is 6.92 Å². The van der Waals surface area contributed by atoms with Gasteiger partial charge >= 0.3 is 0 Å². The van der Waals surface area contributed by atoms with Gasteiger partial charge in [0, 0.05) is 19.5 Å². The van der Waals surface area contributed by atoms with Crippen LogP contribution in [0.3, 0.4) is 0 Å². The number of carbonyl (C=O) groups excluding carboxylic acids is 2. The molecule has 2 amide bonds. The number of carbonyl (C=O) groups is 2. The van der Waals surface area contributed by atoms with Crippen LogP contribution in [0.5, 0.6) is 0 Å². The second-order valence-electron chi connectivity index (χ2n) is 5.30. The van der Waals surface area contributed by atoms with Crippen molar-refractivity contribution in [1.29, 1.82) is 0 Å². The van der Waals surface area contributed by atoms with E-state index in [1.165, 1.54) is 6.92 Å². The number of amides is 2. The van der Waals surface area contributed by atoms with E-state index < -0.39 is 38.5 Å². The van der Waals surface area contributed by atoms with Crippen molar-refractivity contribution in [1.82, 2.24) is 15.4 Å². The Morgan fingerprint density at radius 3 is 2.44 bits per heavy atom. The minimum absolute atomic E-state index is 0.214. The zero-order valence-electron chi connectivity index (χ0n) is 13.9. The van der Waals surface area contributed by atoms with Gasteiger partial charge in [0.1, 0.15) is 6.04 Å². The fourth-order valence-electron chi connectivity index (χ4n) is 1.81. The average molecular weight is 377 g/mol. The first-order chi connectivity index (χ1) is 11.7. The van der Waals surface area contributed by atoms with E-state index in [1.807, 2.05) is 6.92 Å². The van der Waals surface area contributed by atoms with E-state index in [1.54, 1.807) is 0 Å². The van der Waals surface area contributed by atoms with E-state index in [2.05, 4.69) is 15.4 Å². The lowest BCUT2D eigenvalue weighted by Crippen LogP contribution is -2.45. The minimum Gasteiger partial charge on any atom is -0.354 e. The van der Waals surface area contributed by atoms with E-state index in [9.17, 15) is 26.8 Å². The Balaban J connectivity index is 2.48. The Bertz CT molecular complexity index is 725. The Kier molecular flexibility index (Phi) is 7.91. The zero-order chi connectivity index (χ0) is 19.0. The van der Waals surface area contributed by atoms with Crippen molar-refractivity contribution >= 4 is 21.8 Å². The Hall–Kier alpha value is -2.07. The summed E-state index contributed by atoms with van der Waals surface area (Å²) < 4.78 is 51.9. The molecule has 25 heavy (non-hydrogen) atoms. The van der Waals surface area contributed by atoms with Crippen LogP contribution in [-0.4, -0.2) is 39.4 Å². The van der Waals surface area contributed by atoms with Gasteiger partial charge in [-0.3, -0.25) is 9.59 Å². The first kappa shape index (κ1) is 21.0. The quantitative estimate of drug-likeness (QED) is 0.588. The maximum absolute atomic E-state index is 13.1. The molecule has 0 spiro atoms. The minimum atomic E-state index is -4.07. The van der Waals surface area contributed by atoms with Crippen molar-refractivity contribution in [3.8, 4) is 0 Å². The number of rotatable bonds is 9. The van der Waals surface area contributed by atoms with Gasteiger partial charge in [0.25, 0.3) is 0 Å². The summed E-state index contributed by atoms with van der Waals surface area (Å²) in [4.78, 5) is 22.9. The van der Waals surface area contributed by atoms with Crippen molar-refractivity contribution in [2.24, 2.45) is 0 Å². The number of hydrogen-bond acceptors (Lipinski definition) is 4. The van der Waals surface area contributed by atoms with Crippen LogP contribution in [0.1, 0.15) is 26.7 Å². The molecule has 0 saturated carbocycles. The van der Waals surface area contributed by atoms with E-state index in [0.717, 1.165) is 12.5 Å². The molecule has 1 rings (SSSR count). The molecule has 0 bridgehead atoms. The summed E-state index contributed by atoms with van der Waals surface area (Å²) in [7, 11) is -4.07. The molecule has 140 valence electrons. The second-order valence-corrected chi connectivity index (χ2v) is 7.07. The Morgan fingerprint density at radius 2 is 1.84 bits per heavy atom. The molecule has 0 aliphatic carbocycles. The third kappa shape index (κ3) is 6.75. The molecule has 0 fully saturated rings. The predicted octanol–water partition coefficient (Wildman–Crippen LogP) is 0.664. The Morgan fingerprint density at radius 1 is 1.16 bits per heavy atom. The highest BCUT2D eigenvalue weighted by Crippen LogP contribution is 2.13. The van der Waals surface area contributed by atoms with E-state index in [4.69, 9.17) is 0 Å². The van der Waals surface area contributed by atoms with E-state index >= 15 is 0 Å². The van der Waals surface area contributed by atoms with Crippen molar-refractivity contribution in [3.05, 3.63) is 29.8 Å². The number of sulfonamides is 1. The van der Waals surface area contributed by atoms with Crippen LogP contribution in [0.15, 0.2) is 23.1 Å². The highest BCUT2D eigenvalue weighted by molar-refractivity contribution is 7.89. The SMILES string of the molecule is CCCNC(=O)C(C)NC(=O)CCNS(=O)(=O)c1ccc(F)c(F)c1. The molecule has 0 radical (unpaired) electrons. The molecule has 1 atom stereocenters. The van der Waals surface area contributed by atoms with Gasteiger partial charge in [0.2, 0.25) is 21.8 Å². The van der Waals surface area contributed by atoms with Crippen molar-refractivity contribution in [2.75, 3.05) is 13.1 Å². The van der Waals surface area contributed by atoms with Crippen molar-refractivity contribution in [3.63, 3.8) is 0 Å². The largest absolute Gasteiger partial charge is 0.354 e. The summed E-state index contributed by atoms with van der Waals surface area (Å²) in [6.45, 7) is 3.64. The molecule has 0 heterocycles. The first-order valence-corrected chi connectivity index (χ1v) is 9.17. The number of nitrogens with one attached hydrogen (secondary N) is 3. The summed E-state index contributed by atoms with van der Waals surface area (Å²) >= 11 is 0. The molecule has 1 aromatic carbocycles. The average Bonchev–Trinajstić information content (AvgIpc) is 2.54. The lowest BCUT2D eigenvalue weighted by molar-refractivity contribution is -0.128. The van der Waals surface area contributed by atoms with Crippen LogP contribution >= 0.6 is 0 Å². The highest BCUT2D eigenvalue weighted by atomic mass is 32.2. The topological polar surface area (TPSA) is 104 Å². The summed E-state index contributed by atoms with van der Waals surface area (Å²) in [5.74, 6) is -3.30. The molecule has 7 nitrogen and oxygen atoms in total. The van der Waals surface area contributed by atoms with Gasteiger partial charge in [-0.25, -0.2) is 21.9 Å². The van der Waals surface area contributed by atoms with Gasteiger partial charge in [0.05, 0.1) is 4.90 Å². The Labute approximate surface area is 145 Å². The predicted molar refractivity (Wildman–Crippen MR) is 87.1 cm³/mol. The monoisotopic (exact) mass is 377 g/mol. The number of benzene rings is 1. The van der Waals surface area contributed by atoms with Crippen LogP contribution in [0.2, 0.25) is 0 Å². The maximum atomic E-state index is 13.1. The van der Waals surface area contributed by atoms with Gasteiger partial charge < -0.3 is 10.6 Å². The molecule has 0 saturated heterocycles.